The maximum atomic E-state index is 12.5. The fraction of sp³-hybridized carbons (Fsp3) is 0.360. The molecule has 4 rings (SSSR count). The largest absolute Gasteiger partial charge is 0.487 e. The Balaban J connectivity index is 1.29. The van der Waals surface area contributed by atoms with E-state index >= 15 is 0 Å². The lowest BCUT2D eigenvalue weighted by atomic mass is 10.1. The summed E-state index contributed by atoms with van der Waals surface area (Å²) in [7, 11) is 0. The van der Waals surface area contributed by atoms with Crippen LogP contribution in [0.1, 0.15) is 33.8 Å². The molecule has 8 heteroatoms. The van der Waals surface area contributed by atoms with Crippen LogP contribution in [0, 0.1) is 13.8 Å². The van der Waals surface area contributed by atoms with E-state index in [1.807, 2.05) is 55.6 Å². The van der Waals surface area contributed by atoms with Gasteiger partial charge in [0.2, 0.25) is 5.91 Å². The average Bonchev–Trinajstić information content (AvgIpc) is 3.45. The second-order valence-electron chi connectivity index (χ2n) is 7.91. The highest BCUT2D eigenvalue weighted by Gasteiger charge is 2.25. The van der Waals surface area contributed by atoms with E-state index in [-0.39, 0.29) is 11.9 Å². The van der Waals surface area contributed by atoms with Crippen molar-refractivity contribution in [2.45, 2.75) is 26.5 Å². The summed E-state index contributed by atoms with van der Waals surface area (Å²) in [6.45, 7) is 7.82. The molecular weight excluding hydrogens is 438 g/mol. The third-order valence-electron chi connectivity index (χ3n) is 5.41. The van der Waals surface area contributed by atoms with E-state index in [2.05, 4.69) is 15.2 Å². The molecule has 1 aromatic carbocycles. The molecule has 1 fully saturated rings. The Bertz CT molecular complexity index is 1070. The van der Waals surface area contributed by atoms with Gasteiger partial charge in [-0.15, -0.1) is 11.3 Å². The Morgan fingerprint density at radius 2 is 2.00 bits per heavy atom. The van der Waals surface area contributed by atoms with Gasteiger partial charge >= 0.3 is 0 Å². The summed E-state index contributed by atoms with van der Waals surface area (Å²) < 4.78 is 17.1. The Hall–Kier alpha value is -2.94. The lowest BCUT2D eigenvalue weighted by molar-refractivity contribution is -0.116. The van der Waals surface area contributed by atoms with Crippen LogP contribution < -0.4 is 10.1 Å². The summed E-state index contributed by atoms with van der Waals surface area (Å²) in [5, 5.41) is 6.04. The minimum absolute atomic E-state index is 0.0158. The predicted molar refractivity (Wildman–Crippen MR) is 128 cm³/mol. The topological polar surface area (TPSA) is 76.8 Å². The Labute approximate surface area is 198 Å². The summed E-state index contributed by atoms with van der Waals surface area (Å²) in [6, 6.07) is 11.6. The van der Waals surface area contributed by atoms with Crippen LogP contribution in [-0.4, -0.2) is 48.6 Å². The van der Waals surface area contributed by atoms with Crippen molar-refractivity contribution in [3.63, 3.8) is 0 Å². The molecule has 0 saturated carbocycles. The molecule has 1 unspecified atom stereocenters. The molecule has 0 aliphatic carbocycles. The van der Waals surface area contributed by atoms with E-state index in [1.165, 1.54) is 0 Å². The van der Waals surface area contributed by atoms with Gasteiger partial charge in [-0.05, 0) is 49.8 Å². The maximum absolute atomic E-state index is 12.5. The van der Waals surface area contributed by atoms with Gasteiger partial charge in [-0.3, -0.25) is 9.69 Å². The number of benzene rings is 1. The smallest absolute Gasteiger partial charge is 0.244 e. The third-order valence-corrected chi connectivity index (χ3v) is 6.23. The van der Waals surface area contributed by atoms with Gasteiger partial charge in [0.05, 0.1) is 30.0 Å². The van der Waals surface area contributed by atoms with Crippen LogP contribution in [0.25, 0.3) is 6.08 Å². The Kier molecular flexibility index (Phi) is 7.93. The van der Waals surface area contributed by atoms with Crippen LogP contribution in [-0.2, 0) is 16.1 Å². The summed E-state index contributed by atoms with van der Waals surface area (Å²) in [6.07, 6.45) is 3.35. The van der Waals surface area contributed by atoms with Crippen LogP contribution in [0.5, 0.6) is 5.75 Å². The molecule has 0 radical (unpaired) electrons. The lowest BCUT2D eigenvalue weighted by Gasteiger charge is -2.33. The van der Waals surface area contributed by atoms with Crippen molar-refractivity contribution in [3.8, 4) is 5.75 Å². The van der Waals surface area contributed by atoms with E-state index in [4.69, 9.17) is 13.9 Å². The van der Waals surface area contributed by atoms with E-state index in [9.17, 15) is 4.79 Å². The number of amides is 1. The normalized spacial score (nSPS) is 15.6. The summed E-state index contributed by atoms with van der Waals surface area (Å²) in [5.41, 5.74) is 1.85. The van der Waals surface area contributed by atoms with Crippen LogP contribution in [0.3, 0.4) is 0 Å². The van der Waals surface area contributed by atoms with Gasteiger partial charge in [-0.1, -0.05) is 12.1 Å². The molecule has 33 heavy (non-hydrogen) atoms. The number of nitrogens with one attached hydrogen (secondary N) is 1. The second-order valence-corrected chi connectivity index (χ2v) is 8.97. The van der Waals surface area contributed by atoms with Gasteiger partial charge in [0, 0.05) is 31.1 Å². The lowest BCUT2D eigenvalue weighted by Crippen LogP contribution is -2.43. The van der Waals surface area contributed by atoms with Crippen molar-refractivity contribution in [2.24, 2.45) is 0 Å². The molecule has 1 atom stereocenters. The van der Waals surface area contributed by atoms with Crippen molar-refractivity contribution in [1.82, 2.24) is 15.2 Å². The molecule has 0 bridgehead atoms. The van der Waals surface area contributed by atoms with E-state index in [0.717, 1.165) is 46.6 Å². The molecule has 7 nitrogen and oxygen atoms in total. The van der Waals surface area contributed by atoms with Gasteiger partial charge in [0.1, 0.15) is 23.9 Å². The highest BCUT2D eigenvalue weighted by atomic mass is 32.1. The van der Waals surface area contributed by atoms with Crippen molar-refractivity contribution in [3.05, 3.63) is 75.6 Å². The summed E-state index contributed by atoms with van der Waals surface area (Å²) in [5.74, 6) is 2.35. The number of ether oxygens (including phenoxy) is 2. The fourth-order valence-corrected chi connectivity index (χ4v) is 4.26. The maximum Gasteiger partial charge on any atom is 0.244 e. The number of morpholine rings is 1. The third kappa shape index (κ3) is 6.77. The zero-order valence-electron chi connectivity index (χ0n) is 19.0. The van der Waals surface area contributed by atoms with Gasteiger partial charge in [0.25, 0.3) is 0 Å². The van der Waals surface area contributed by atoms with E-state index in [1.54, 1.807) is 23.5 Å². The SMILES string of the molecule is Cc1ccc(C(CNC(=O)/C=C/c2ccc(OCc3csc(C)n3)cc2)N2CCOCC2)o1. The Morgan fingerprint density at radius 3 is 2.67 bits per heavy atom. The number of hydrogen-bond donors (Lipinski definition) is 1. The van der Waals surface area contributed by atoms with E-state index < -0.39 is 0 Å². The molecule has 3 heterocycles. The molecule has 174 valence electrons. The first-order valence-corrected chi connectivity index (χ1v) is 11.9. The molecule has 1 saturated heterocycles. The number of rotatable bonds is 9. The highest BCUT2D eigenvalue weighted by molar-refractivity contribution is 7.09. The molecule has 0 spiro atoms. The molecular formula is C25H29N3O4S. The molecule has 1 aliphatic heterocycles. The average molecular weight is 468 g/mol. The first-order valence-electron chi connectivity index (χ1n) is 11.0. The van der Waals surface area contributed by atoms with Crippen LogP contribution >= 0.6 is 11.3 Å². The van der Waals surface area contributed by atoms with Crippen molar-refractivity contribution >= 4 is 23.3 Å². The van der Waals surface area contributed by atoms with Gasteiger partial charge in [-0.2, -0.15) is 0 Å². The van der Waals surface area contributed by atoms with Crippen molar-refractivity contribution in [2.75, 3.05) is 32.8 Å². The minimum Gasteiger partial charge on any atom is -0.487 e. The zero-order valence-corrected chi connectivity index (χ0v) is 19.8. The monoisotopic (exact) mass is 467 g/mol. The number of aromatic nitrogens is 1. The standard InChI is InChI=1S/C25H29N3O4S/c1-18-3-9-24(32-18)23(28-11-13-30-14-12-28)15-26-25(29)10-6-20-4-7-22(8-5-20)31-16-21-17-33-19(2)27-21/h3-10,17,23H,11-16H2,1-2H3,(H,26,29)/b10-6+. The fourth-order valence-electron chi connectivity index (χ4n) is 3.67. The summed E-state index contributed by atoms with van der Waals surface area (Å²) in [4.78, 5) is 19.2. The number of furan rings is 1. The van der Waals surface area contributed by atoms with Gasteiger partial charge in [-0.25, -0.2) is 4.98 Å². The van der Waals surface area contributed by atoms with E-state index in [0.29, 0.717) is 26.4 Å². The van der Waals surface area contributed by atoms with Gasteiger partial charge in [0.15, 0.2) is 0 Å². The van der Waals surface area contributed by atoms with Crippen LogP contribution in [0.15, 0.2) is 52.3 Å². The number of carbonyl (C=O) groups is 1. The molecule has 1 N–H and O–H groups in total. The molecule has 1 amide bonds. The summed E-state index contributed by atoms with van der Waals surface area (Å²) >= 11 is 1.61. The number of hydrogen-bond acceptors (Lipinski definition) is 7. The highest BCUT2D eigenvalue weighted by Crippen LogP contribution is 2.23. The number of carbonyl (C=O) groups excluding carboxylic acids is 1. The predicted octanol–water partition coefficient (Wildman–Crippen LogP) is 4.13. The van der Waals surface area contributed by atoms with Gasteiger partial charge < -0.3 is 19.2 Å². The second kappa shape index (κ2) is 11.3. The number of thiazole rings is 1. The number of aryl methyl sites for hydroxylation is 2. The minimum atomic E-state index is -0.143. The van der Waals surface area contributed by atoms with Crippen LogP contribution in [0.4, 0.5) is 0 Å². The van der Waals surface area contributed by atoms with Crippen molar-refractivity contribution in [1.29, 1.82) is 0 Å². The van der Waals surface area contributed by atoms with Crippen molar-refractivity contribution < 1.29 is 18.7 Å². The first kappa shape index (κ1) is 23.2. The quantitative estimate of drug-likeness (QED) is 0.477. The van der Waals surface area contributed by atoms with Crippen LogP contribution in [0.2, 0.25) is 0 Å². The Morgan fingerprint density at radius 1 is 1.21 bits per heavy atom. The molecule has 3 aromatic rings. The zero-order chi connectivity index (χ0) is 23.0. The first-order chi connectivity index (χ1) is 16.1. The number of nitrogens with zero attached hydrogens (tertiary/aromatic N) is 2. The molecule has 1 aliphatic rings. The molecule has 2 aromatic heterocycles.